The number of hydrogen-bond donors (Lipinski definition) is 1. The van der Waals surface area contributed by atoms with E-state index in [0.717, 1.165) is 11.3 Å². The number of benzene rings is 2. The Hall–Kier alpha value is -3.07. The zero-order chi connectivity index (χ0) is 17.9. The van der Waals surface area contributed by atoms with Gasteiger partial charge in [-0.3, -0.25) is 4.79 Å². The van der Waals surface area contributed by atoms with Crippen LogP contribution in [0.25, 0.3) is 0 Å². The van der Waals surface area contributed by atoms with Crippen molar-refractivity contribution < 1.29 is 18.7 Å². The third-order valence-corrected chi connectivity index (χ3v) is 3.33. The third kappa shape index (κ3) is 6.92. The highest BCUT2D eigenvalue weighted by Gasteiger charge is 2.00. The highest BCUT2D eigenvalue weighted by Crippen LogP contribution is 2.13. The molecule has 0 bridgehead atoms. The fraction of sp³-hybridized carbons (Fsp3) is 0.263. The van der Waals surface area contributed by atoms with E-state index in [-0.39, 0.29) is 18.1 Å². The molecule has 6 heteroatoms. The standard InChI is InChI=1S/C19H19FN2O3/c20-16-3-7-18(8-4-16)25-14-13-24-17-5-1-15(2-6-17)10-12-22-19(23)9-11-21/h1-8H,9-10,12-14H2,(H,22,23). The molecule has 5 nitrogen and oxygen atoms in total. The second kappa shape index (κ2) is 9.93. The Morgan fingerprint density at radius 2 is 1.56 bits per heavy atom. The molecule has 2 aromatic carbocycles. The highest BCUT2D eigenvalue weighted by atomic mass is 19.1. The summed E-state index contributed by atoms with van der Waals surface area (Å²) in [6.07, 6.45) is 0.567. The van der Waals surface area contributed by atoms with E-state index in [1.54, 1.807) is 18.2 Å². The van der Waals surface area contributed by atoms with Crippen molar-refractivity contribution in [2.75, 3.05) is 19.8 Å². The van der Waals surface area contributed by atoms with Crippen molar-refractivity contribution in [3.63, 3.8) is 0 Å². The molecule has 0 aliphatic heterocycles. The Labute approximate surface area is 146 Å². The van der Waals surface area contributed by atoms with E-state index >= 15 is 0 Å². The first-order chi connectivity index (χ1) is 12.2. The van der Waals surface area contributed by atoms with E-state index in [9.17, 15) is 9.18 Å². The van der Waals surface area contributed by atoms with Crippen LogP contribution in [0.1, 0.15) is 12.0 Å². The Morgan fingerprint density at radius 3 is 2.12 bits per heavy atom. The Kier molecular flexibility index (Phi) is 7.26. The van der Waals surface area contributed by atoms with Gasteiger partial charge >= 0.3 is 0 Å². The van der Waals surface area contributed by atoms with Gasteiger partial charge in [0.15, 0.2) is 0 Å². The number of nitrogens with zero attached hydrogens (tertiary/aromatic N) is 1. The van der Waals surface area contributed by atoms with Crippen LogP contribution in [0.2, 0.25) is 0 Å². The molecule has 0 heterocycles. The van der Waals surface area contributed by atoms with E-state index in [0.29, 0.717) is 31.9 Å². The van der Waals surface area contributed by atoms with E-state index in [1.165, 1.54) is 12.1 Å². The summed E-state index contributed by atoms with van der Waals surface area (Å²) in [6.45, 7) is 1.23. The molecule has 0 saturated carbocycles. The molecule has 25 heavy (non-hydrogen) atoms. The van der Waals surface area contributed by atoms with Crippen LogP contribution in [0.5, 0.6) is 11.5 Å². The van der Waals surface area contributed by atoms with Gasteiger partial charge < -0.3 is 14.8 Å². The number of hydrogen-bond acceptors (Lipinski definition) is 4. The lowest BCUT2D eigenvalue weighted by atomic mass is 10.1. The van der Waals surface area contributed by atoms with Crippen LogP contribution in [0.4, 0.5) is 4.39 Å². The minimum Gasteiger partial charge on any atom is -0.490 e. The van der Waals surface area contributed by atoms with E-state index in [1.807, 2.05) is 24.3 Å². The van der Waals surface area contributed by atoms with Crippen LogP contribution >= 0.6 is 0 Å². The zero-order valence-corrected chi connectivity index (χ0v) is 13.7. The SMILES string of the molecule is N#CCC(=O)NCCc1ccc(OCCOc2ccc(F)cc2)cc1. The van der Waals surface area contributed by atoms with E-state index in [2.05, 4.69) is 5.32 Å². The molecule has 2 aromatic rings. The summed E-state index contributed by atoms with van der Waals surface area (Å²) in [5, 5.41) is 11.1. The molecule has 0 aliphatic carbocycles. The van der Waals surface area contributed by atoms with Gasteiger partial charge in [0.2, 0.25) is 5.91 Å². The topological polar surface area (TPSA) is 71.4 Å². The van der Waals surface area contributed by atoms with Crippen molar-refractivity contribution in [1.29, 1.82) is 5.26 Å². The average Bonchev–Trinajstić information content (AvgIpc) is 2.62. The number of nitriles is 1. The Morgan fingerprint density at radius 1 is 1.00 bits per heavy atom. The van der Waals surface area contributed by atoms with E-state index in [4.69, 9.17) is 14.7 Å². The maximum atomic E-state index is 12.8. The van der Waals surface area contributed by atoms with Gasteiger partial charge in [-0.15, -0.1) is 0 Å². The van der Waals surface area contributed by atoms with Gasteiger partial charge in [0.1, 0.15) is 37.0 Å². The first-order valence-electron chi connectivity index (χ1n) is 7.91. The summed E-state index contributed by atoms with van der Waals surface area (Å²) in [5.74, 6) is 0.760. The number of carbonyl (C=O) groups excluding carboxylic acids is 1. The predicted molar refractivity (Wildman–Crippen MR) is 90.8 cm³/mol. The smallest absolute Gasteiger partial charge is 0.234 e. The lowest BCUT2D eigenvalue weighted by molar-refractivity contribution is -0.120. The van der Waals surface area contributed by atoms with Crippen LogP contribution in [-0.2, 0) is 11.2 Å². The number of rotatable bonds is 9. The van der Waals surface area contributed by atoms with Gasteiger partial charge in [0.25, 0.3) is 0 Å². The van der Waals surface area contributed by atoms with Crippen molar-refractivity contribution in [3.8, 4) is 17.6 Å². The predicted octanol–water partition coefficient (Wildman–Crippen LogP) is 2.86. The van der Waals surface area contributed by atoms with Crippen molar-refractivity contribution >= 4 is 5.91 Å². The number of ether oxygens (including phenoxy) is 2. The van der Waals surface area contributed by atoms with Crippen LogP contribution in [0, 0.1) is 17.1 Å². The summed E-state index contributed by atoms with van der Waals surface area (Å²) >= 11 is 0. The lowest BCUT2D eigenvalue weighted by Crippen LogP contribution is -2.24. The molecule has 2 rings (SSSR count). The van der Waals surface area contributed by atoms with Crippen molar-refractivity contribution in [3.05, 3.63) is 59.9 Å². The molecular formula is C19H19FN2O3. The molecule has 0 aliphatic rings. The van der Waals surface area contributed by atoms with Gasteiger partial charge in [-0.2, -0.15) is 5.26 Å². The molecule has 130 valence electrons. The average molecular weight is 342 g/mol. The second-order valence-corrected chi connectivity index (χ2v) is 5.23. The van der Waals surface area contributed by atoms with Crippen LogP contribution < -0.4 is 14.8 Å². The molecule has 0 saturated heterocycles. The number of carbonyl (C=O) groups is 1. The maximum absolute atomic E-state index is 12.8. The lowest BCUT2D eigenvalue weighted by Gasteiger charge is -2.09. The molecule has 0 spiro atoms. The summed E-state index contributed by atoms with van der Waals surface area (Å²) in [5.41, 5.74) is 1.06. The van der Waals surface area contributed by atoms with Crippen molar-refractivity contribution in [1.82, 2.24) is 5.32 Å². The van der Waals surface area contributed by atoms with Gasteiger partial charge in [0, 0.05) is 6.54 Å². The molecular weight excluding hydrogens is 323 g/mol. The van der Waals surface area contributed by atoms with Gasteiger partial charge in [0.05, 0.1) is 6.07 Å². The summed E-state index contributed by atoms with van der Waals surface area (Å²) < 4.78 is 23.8. The van der Waals surface area contributed by atoms with Gasteiger partial charge in [-0.1, -0.05) is 12.1 Å². The molecule has 0 aromatic heterocycles. The van der Waals surface area contributed by atoms with Crippen LogP contribution in [-0.4, -0.2) is 25.7 Å². The molecule has 0 unspecified atom stereocenters. The normalized spacial score (nSPS) is 9.92. The zero-order valence-electron chi connectivity index (χ0n) is 13.7. The fourth-order valence-corrected chi connectivity index (χ4v) is 2.08. The Balaban J connectivity index is 1.65. The van der Waals surface area contributed by atoms with Crippen molar-refractivity contribution in [2.24, 2.45) is 0 Å². The molecule has 1 N–H and O–H groups in total. The molecule has 0 atom stereocenters. The molecule has 0 fully saturated rings. The van der Waals surface area contributed by atoms with Crippen LogP contribution in [0.3, 0.4) is 0 Å². The van der Waals surface area contributed by atoms with Crippen molar-refractivity contribution in [2.45, 2.75) is 12.8 Å². The third-order valence-electron chi connectivity index (χ3n) is 3.33. The number of halogens is 1. The summed E-state index contributed by atoms with van der Waals surface area (Å²) in [4.78, 5) is 11.2. The summed E-state index contributed by atoms with van der Waals surface area (Å²) in [7, 11) is 0. The largest absolute Gasteiger partial charge is 0.490 e. The summed E-state index contributed by atoms with van der Waals surface area (Å²) in [6, 6.07) is 15.2. The minimum atomic E-state index is -0.298. The monoisotopic (exact) mass is 342 g/mol. The first kappa shape index (κ1) is 18.3. The fourth-order valence-electron chi connectivity index (χ4n) is 2.08. The highest BCUT2D eigenvalue weighted by molar-refractivity contribution is 5.77. The number of amides is 1. The molecule has 1 amide bonds. The second-order valence-electron chi connectivity index (χ2n) is 5.23. The Bertz CT molecular complexity index is 709. The number of nitrogens with one attached hydrogen (secondary N) is 1. The quantitative estimate of drug-likeness (QED) is 0.711. The first-order valence-corrected chi connectivity index (χ1v) is 7.91. The maximum Gasteiger partial charge on any atom is 0.234 e. The molecule has 0 radical (unpaired) electrons. The minimum absolute atomic E-state index is 0.118. The van der Waals surface area contributed by atoms with Gasteiger partial charge in [-0.25, -0.2) is 4.39 Å². The van der Waals surface area contributed by atoms with Crippen LogP contribution in [0.15, 0.2) is 48.5 Å². The van der Waals surface area contributed by atoms with E-state index < -0.39 is 0 Å². The van der Waals surface area contributed by atoms with Gasteiger partial charge in [-0.05, 0) is 48.4 Å².